The van der Waals surface area contributed by atoms with Gasteiger partial charge in [0.2, 0.25) is 0 Å². The van der Waals surface area contributed by atoms with Gasteiger partial charge < -0.3 is 9.88 Å². The van der Waals surface area contributed by atoms with E-state index in [0.29, 0.717) is 0 Å². The van der Waals surface area contributed by atoms with E-state index in [1.54, 1.807) is 6.20 Å². The summed E-state index contributed by atoms with van der Waals surface area (Å²) in [4.78, 5) is 14.0. The van der Waals surface area contributed by atoms with Gasteiger partial charge in [-0.3, -0.25) is 0 Å². The predicted octanol–water partition coefficient (Wildman–Crippen LogP) is 1.82. The van der Waals surface area contributed by atoms with E-state index in [0.717, 1.165) is 34.4 Å². The molecule has 4 nitrogen and oxygen atoms in total. The molecule has 0 aliphatic carbocycles. The molecule has 0 saturated carbocycles. The molecule has 5 heteroatoms. The lowest BCUT2D eigenvalue weighted by molar-refractivity contribution is 0.410. The maximum Gasteiger partial charge on any atom is 0.177 e. The van der Waals surface area contributed by atoms with Crippen molar-refractivity contribution in [1.29, 1.82) is 0 Å². The van der Waals surface area contributed by atoms with Crippen LogP contribution in [0, 0.1) is 0 Å². The molecular formula is C10H13BrN4. The molecule has 0 amide bonds. The average Bonchev–Trinajstić information content (AvgIpc) is 2.56. The molecule has 0 unspecified atom stereocenters. The molecule has 2 rings (SSSR count). The van der Waals surface area contributed by atoms with E-state index < -0.39 is 0 Å². The highest BCUT2D eigenvalue weighted by molar-refractivity contribution is 9.10. The number of likely N-dealkylation sites (N-methyl/N-ethyl adjacent to an activating group) is 1. The Kier molecular flexibility index (Phi) is 3.02. The third kappa shape index (κ3) is 2.54. The smallest absolute Gasteiger partial charge is 0.177 e. The Morgan fingerprint density at radius 1 is 1.47 bits per heavy atom. The second-order valence-corrected chi connectivity index (χ2v) is 4.68. The SMILES string of the molecule is CN(C)CCc1nc2ncc(Br)cc2[nH]1. The van der Waals surface area contributed by atoms with Gasteiger partial charge >= 0.3 is 0 Å². The number of aromatic amines is 1. The van der Waals surface area contributed by atoms with Crippen LogP contribution in [0.4, 0.5) is 0 Å². The van der Waals surface area contributed by atoms with Gasteiger partial charge in [0, 0.05) is 23.6 Å². The van der Waals surface area contributed by atoms with Crippen molar-refractivity contribution < 1.29 is 0 Å². The normalized spacial score (nSPS) is 11.5. The van der Waals surface area contributed by atoms with Gasteiger partial charge in [0.05, 0.1) is 5.52 Å². The van der Waals surface area contributed by atoms with Gasteiger partial charge in [-0.1, -0.05) is 0 Å². The molecule has 0 aliphatic heterocycles. The first-order valence-corrected chi connectivity index (χ1v) is 5.59. The van der Waals surface area contributed by atoms with Crippen molar-refractivity contribution in [3.63, 3.8) is 0 Å². The molecule has 2 aromatic heterocycles. The fourth-order valence-electron chi connectivity index (χ4n) is 1.37. The summed E-state index contributed by atoms with van der Waals surface area (Å²) in [5, 5.41) is 0. The summed E-state index contributed by atoms with van der Waals surface area (Å²) in [5.41, 5.74) is 1.77. The average molecular weight is 269 g/mol. The lowest BCUT2D eigenvalue weighted by Crippen LogP contribution is -2.15. The molecule has 0 fully saturated rings. The van der Waals surface area contributed by atoms with Crippen LogP contribution in [0.5, 0.6) is 0 Å². The van der Waals surface area contributed by atoms with Crippen LogP contribution in [0.2, 0.25) is 0 Å². The van der Waals surface area contributed by atoms with E-state index in [4.69, 9.17) is 0 Å². The number of nitrogens with zero attached hydrogens (tertiary/aromatic N) is 3. The van der Waals surface area contributed by atoms with Crippen LogP contribution >= 0.6 is 15.9 Å². The maximum absolute atomic E-state index is 4.41. The summed E-state index contributed by atoms with van der Waals surface area (Å²) in [6.45, 7) is 0.987. The van der Waals surface area contributed by atoms with E-state index in [2.05, 4.69) is 49.9 Å². The van der Waals surface area contributed by atoms with Gasteiger partial charge in [0.25, 0.3) is 0 Å². The summed E-state index contributed by atoms with van der Waals surface area (Å²) in [7, 11) is 4.11. The van der Waals surface area contributed by atoms with E-state index >= 15 is 0 Å². The van der Waals surface area contributed by atoms with Gasteiger partial charge in [0.15, 0.2) is 5.65 Å². The molecule has 0 atom stereocenters. The van der Waals surface area contributed by atoms with Crippen LogP contribution < -0.4 is 0 Å². The third-order valence-electron chi connectivity index (χ3n) is 2.15. The summed E-state index contributed by atoms with van der Waals surface area (Å²) in [6.07, 6.45) is 2.68. The van der Waals surface area contributed by atoms with Crippen molar-refractivity contribution in [2.75, 3.05) is 20.6 Å². The Morgan fingerprint density at radius 2 is 2.27 bits per heavy atom. The minimum Gasteiger partial charge on any atom is -0.341 e. The topological polar surface area (TPSA) is 44.8 Å². The Hall–Kier alpha value is -0.940. The van der Waals surface area contributed by atoms with E-state index in [-0.39, 0.29) is 0 Å². The first kappa shape index (κ1) is 10.6. The predicted molar refractivity (Wildman–Crippen MR) is 63.8 cm³/mol. The zero-order chi connectivity index (χ0) is 10.8. The molecule has 0 radical (unpaired) electrons. The third-order valence-corrected chi connectivity index (χ3v) is 2.58. The first-order valence-electron chi connectivity index (χ1n) is 4.80. The number of nitrogens with one attached hydrogen (secondary N) is 1. The Morgan fingerprint density at radius 3 is 3.00 bits per heavy atom. The monoisotopic (exact) mass is 268 g/mol. The van der Waals surface area contributed by atoms with Crippen molar-refractivity contribution in [3.8, 4) is 0 Å². The Labute approximate surface area is 96.8 Å². The lowest BCUT2D eigenvalue weighted by atomic mass is 10.4. The minimum atomic E-state index is 0.784. The summed E-state index contributed by atoms with van der Waals surface area (Å²) >= 11 is 3.39. The highest BCUT2D eigenvalue weighted by atomic mass is 79.9. The largest absolute Gasteiger partial charge is 0.341 e. The zero-order valence-electron chi connectivity index (χ0n) is 8.79. The highest BCUT2D eigenvalue weighted by Gasteiger charge is 2.04. The van der Waals surface area contributed by atoms with Crippen LogP contribution in [0.1, 0.15) is 5.82 Å². The van der Waals surface area contributed by atoms with Crippen molar-refractivity contribution in [2.24, 2.45) is 0 Å². The van der Waals surface area contributed by atoms with Gasteiger partial charge in [-0.25, -0.2) is 9.97 Å². The number of imidazole rings is 1. The van der Waals surface area contributed by atoms with Gasteiger partial charge in [0.1, 0.15) is 5.82 Å². The number of hydrogen-bond donors (Lipinski definition) is 1. The Bertz CT molecular complexity index is 463. The van der Waals surface area contributed by atoms with Crippen LogP contribution in [-0.4, -0.2) is 40.5 Å². The lowest BCUT2D eigenvalue weighted by Gasteiger charge is -2.06. The number of H-pyrrole nitrogens is 1. The second kappa shape index (κ2) is 4.28. The number of rotatable bonds is 3. The standard InChI is InChI=1S/C10H13BrN4/c1-15(2)4-3-9-13-8-5-7(11)6-12-10(8)14-9/h5-6H,3-4H2,1-2H3,(H,12,13,14). The van der Waals surface area contributed by atoms with Crippen molar-refractivity contribution in [2.45, 2.75) is 6.42 Å². The minimum absolute atomic E-state index is 0.784. The van der Waals surface area contributed by atoms with Crippen LogP contribution in [-0.2, 0) is 6.42 Å². The summed E-state index contributed by atoms with van der Waals surface area (Å²) in [5.74, 6) is 0.990. The number of halogens is 1. The molecule has 2 aromatic rings. The fourth-order valence-corrected chi connectivity index (χ4v) is 1.70. The molecule has 80 valence electrons. The summed E-state index contributed by atoms with van der Waals surface area (Å²) in [6, 6.07) is 1.99. The number of pyridine rings is 1. The molecule has 0 aromatic carbocycles. The molecule has 1 N–H and O–H groups in total. The number of fused-ring (bicyclic) bond motifs is 1. The maximum atomic E-state index is 4.41. The molecule has 0 bridgehead atoms. The van der Waals surface area contributed by atoms with Crippen LogP contribution in [0.15, 0.2) is 16.7 Å². The van der Waals surface area contributed by atoms with Gasteiger partial charge in [-0.05, 0) is 36.1 Å². The highest BCUT2D eigenvalue weighted by Crippen LogP contribution is 2.15. The first-order chi connectivity index (χ1) is 7.15. The van der Waals surface area contributed by atoms with Crippen LogP contribution in [0.3, 0.4) is 0 Å². The van der Waals surface area contributed by atoms with Gasteiger partial charge in [-0.2, -0.15) is 0 Å². The van der Waals surface area contributed by atoms with E-state index in [1.165, 1.54) is 0 Å². The molecule has 2 heterocycles. The molecular weight excluding hydrogens is 256 g/mol. The van der Waals surface area contributed by atoms with E-state index in [1.807, 2.05) is 6.07 Å². The number of aromatic nitrogens is 3. The molecule has 0 spiro atoms. The van der Waals surface area contributed by atoms with Crippen molar-refractivity contribution >= 4 is 27.1 Å². The summed E-state index contributed by atoms with van der Waals surface area (Å²) < 4.78 is 0.970. The zero-order valence-corrected chi connectivity index (χ0v) is 10.4. The number of hydrogen-bond acceptors (Lipinski definition) is 3. The molecule has 15 heavy (non-hydrogen) atoms. The van der Waals surface area contributed by atoms with Crippen molar-refractivity contribution in [3.05, 3.63) is 22.6 Å². The molecule has 0 aliphatic rings. The van der Waals surface area contributed by atoms with Gasteiger partial charge in [-0.15, -0.1) is 0 Å². The van der Waals surface area contributed by atoms with E-state index in [9.17, 15) is 0 Å². The van der Waals surface area contributed by atoms with Crippen molar-refractivity contribution in [1.82, 2.24) is 19.9 Å². The second-order valence-electron chi connectivity index (χ2n) is 3.76. The fraction of sp³-hybridized carbons (Fsp3) is 0.400. The quantitative estimate of drug-likeness (QED) is 0.924. The molecule has 0 saturated heterocycles. The van der Waals surface area contributed by atoms with Crippen LogP contribution in [0.25, 0.3) is 11.2 Å². The Balaban J connectivity index is 2.23.